The van der Waals surface area contributed by atoms with Crippen LogP contribution in [0.25, 0.3) is 0 Å². The predicted molar refractivity (Wildman–Crippen MR) is 133 cm³/mol. The summed E-state index contributed by atoms with van der Waals surface area (Å²) in [6.45, 7) is 9.17. The highest BCUT2D eigenvalue weighted by Crippen LogP contribution is 2.55. The smallest absolute Gasteiger partial charge is 0.289 e. The molecule has 0 heterocycles. The molecule has 38 heavy (non-hydrogen) atoms. The molecule has 0 aromatic heterocycles. The zero-order valence-electron chi connectivity index (χ0n) is 21.9. The molecule has 206 valence electrons. The van der Waals surface area contributed by atoms with Crippen molar-refractivity contribution in [3.8, 4) is 0 Å². The molecule has 2 aromatic rings. The summed E-state index contributed by atoms with van der Waals surface area (Å²) in [5.41, 5.74) is -4.32. The summed E-state index contributed by atoms with van der Waals surface area (Å²) in [6.07, 6.45) is -9.98. The van der Waals surface area contributed by atoms with Gasteiger partial charge in [-0.3, -0.25) is 4.79 Å². The molecule has 0 amide bonds. The number of aryl methyl sites for hydroxylation is 2. The number of rotatable bonds is 5. The molecular weight excluding hydrogens is 529 g/mol. The molecule has 0 bridgehead atoms. The van der Waals surface area contributed by atoms with Crippen LogP contribution in [0.3, 0.4) is 0 Å². The molecule has 1 saturated carbocycles. The van der Waals surface area contributed by atoms with Gasteiger partial charge in [0.05, 0.1) is 16.7 Å². The Balaban J connectivity index is 2.23. The second kappa shape index (κ2) is 10.2. The molecule has 0 spiro atoms. The van der Waals surface area contributed by atoms with Gasteiger partial charge in [-0.15, -0.1) is 0 Å². The minimum Gasteiger partial charge on any atom is -0.289 e. The van der Waals surface area contributed by atoms with Gasteiger partial charge < -0.3 is 0 Å². The maximum Gasteiger partial charge on any atom is 0.434 e. The number of carbonyl (C=O) groups excluding carboxylic acids is 2. The van der Waals surface area contributed by atoms with Crippen molar-refractivity contribution in [2.75, 3.05) is 0 Å². The Labute approximate surface area is 218 Å². The first kappa shape index (κ1) is 30.0. The van der Waals surface area contributed by atoms with E-state index >= 15 is 0 Å². The first-order valence-electron chi connectivity index (χ1n) is 12.3. The largest absolute Gasteiger partial charge is 0.434 e. The number of carbonyl (C=O) groups is 2. The maximum atomic E-state index is 14.0. The van der Waals surface area contributed by atoms with Crippen molar-refractivity contribution in [3.05, 3.63) is 69.3 Å². The Bertz CT molecular complexity index is 1220. The van der Waals surface area contributed by atoms with Crippen LogP contribution in [0.1, 0.15) is 101 Å². The maximum absolute atomic E-state index is 14.0. The van der Waals surface area contributed by atoms with E-state index in [1.165, 1.54) is 0 Å². The molecule has 0 radical (unpaired) electrons. The van der Waals surface area contributed by atoms with E-state index in [9.17, 15) is 40.5 Å². The zero-order valence-corrected chi connectivity index (χ0v) is 22.8. The summed E-state index contributed by atoms with van der Waals surface area (Å²) in [4.78, 5) is 27.5. The summed E-state index contributed by atoms with van der Waals surface area (Å²) < 4.78 is 97.2. The molecule has 1 fully saturated rings. The molecule has 0 saturated heterocycles. The molecule has 1 unspecified atom stereocenters. The van der Waals surface area contributed by atoms with Crippen molar-refractivity contribution in [1.29, 1.82) is 0 Å². The number of alkyl halides is 6. The fourth-order valence-electron chi connectivity index (χ4n) is 5.19. The Morgan fingerprint density at radius 3 is 1.63 bits per heavy atom. The van der Waals surface area contributed by atoms with E-state index in [0.717, 1.165) is 5.56 Å². The normalized spacial score (nSPS) is 16.8. The molecular formula is C28H30F6O3P+. The fourth-order valence-corrected chi connectivity index (χ4v) is 7.15. The van der Waals surface area contributed by atoms with Crippen LogP contribution in [0.5, 0.6) is 0 Å². The third-order valence-electron chi connectivity index (χ3n) is 7.19. The van der Waals surface area contributed by atoms with Gasteiger partial charge in [0, 0.05) is 18.4 Å². The van der Waals surface area contributed by atoms with E-state index in [1.807, 2.05) is 20.8 Å². The average Bonchev–Trinajstić information content (AvgIpc) is 2.80. The summed E-state index contributed by atoms with van der Waals surface area (Å²) in [5, 5.41) is -2.17. The number of Topliss-reactive ketones (excluding diaryl/α,β-unsaturated/α-hetero) is 1. The van der Waals surface area contributed by atoms with E-state index in [4.69, 9.17) is 0 Å². The lowest BCUT2D eigenvalue weighted by atomic mass is 9.80. The standard InChI is InChI=1S/C28H30F6O3P/c1-16-14-18(25(3,4)5)15-17(2)21(16)24(36)38(37)26(12-7-6-8-13-26)23(35)22-19(27(29,30)31)10-9-11-20(22)28(32,33)34/h9-11,14-15H,6-8,12-13H2,1-5H3/q+1. The fraction of sp³-hybridized carbons (Fsp3) is 0.500. The van der Waals surface area contributed by atoms with E-state index < -0.39 is 53.3 Å². The van der Waals surface area contributed by atoms with E-state index in [1.54, 1.807) is 26.0 Å². The van der Waals surface area contributed by atoms with Crippen molar-refractivity contribution in [3.63, 3.8) is 0 Å². The predicted octanol–water partition coefficient (Wildman–Crippen LogP) is 9.19. The van der Waals surface area contributed by atoms with Crippen LogP contribution < -0.4 is 0 Å². The van der Waals surface area contributed by atoms with Crippen LogP contribution in [-0.4, -0.2) is 16.5 Å². The highest BCUT2D eigenvalue weighted by Gasteiger charge is 2.62. The monoisotopic (exact) mass is 559 g/mol. The van der Waals surface area contributed by atoms with Gasteiger partial charge in [0.1, 0.15) is 0 Å². The number of hydrogen-bond acceptors (Lipinski definition) is 3. The van der Waals surface area contributed by atoms with Crippen LogP contribution in [0, 0.1) is 13.8 Å². The molecule has 1 atom stereocenters. The summed E-state index contributed by atoms with van der Waals surface area (Å²) in [7, 11) is -3.22. The molecule has 10 heteroatoms. The van der Waals surface area contributed by atoms with E-state index in [0.29, 0.717) is 35.7 Å². The van der Waals surface area contributed by atoms with Crippen LogP contribution in [-0.2, 0) is 22.3 Å². The zero-order chi connectivity index (χ0) is 28.8. The Morgan fingerprint density at radius 1 is 0.789 bits per heavy atom. The first-order chi connectivity index (χ1) is 17.3. The molecule has 1 aliphatic carbocycles. The van der Waals surface area contributed by atoms with Gasteiger partial charge in [0.2, 0.25) is 10.9 Å². The van der Waals surface area contributed by atoms with E-state index in [2.05, 4.69) is 0 Å². The lowest BCUT2D eigenvalue weighted by molar-refractivity contribution is -0.143. The second-order valence-electron chi connectivity index (χ2n) is 11.0. The molecule has 3 nitrogen and oxygen atoms in total. The van der Waals surface area contributed by atoms with Crippen molar-refractivity contribution in [2.45, 2.75) is 89.6 Å². The Kier molecular flexibility index (Phi) is 8.07. The van der Waals surface area contributed by atoms with Crippen molar-refractivity contribution in [1.82, 2.24) is 0 Å². The van der Waals surface area contributed by atoms with Gasteiger partial charge >= 0.3 is 25.7 Å². The highest BCUT2D eigenvalue weighted by atomic mass is 31.1. The molecule has 2 aromatic carbocycles. The third-order valence-corrected chi connectivity index (χ3v) is 9.21. The second-order valence-corrected chi connectivity index (χ2v) is 12.8. The van der Waals surface area contributed by atoms with Crippen molar-refractivity contribution >= 4 is 19.1 Å². The summed E-state index contributed by atoms with van der Waals surface area (Å²) in [6, 6.07) is 4.91. The quantitative estimate of drug-likeness (QED) is 0.209. The van der Waals surface area contributed by atoms with Crippen LogP contribution >= 0.6 is 7.80 Å². The topological polar surface area (TPSA) is 51.2 Å². The van der Waals surface area contributed by atoms with Gasteiger partial charge in [-0.1, -0.05) is 50.0 Å². The summed E-state index contributed by atoms with van der Waals surface area (Å²) in [5.74, 6) is -1.53. The minimum atomic E-state index is -5.27. The number of halogens is 6. The average molecular weight is 560 g/mol. The van der Waals surface area contributed by atoms with Gasteiger partial charge in [0.15, 0.2) is 0 Å². The van der Waals surface area contributed by atoms with Crippen LogP contribution in [0.4, 0.5) is 26.3 Å². The van der Waals surface area contributed by atoms with Gasteiger partial charge in [-0.2, -0.15) is 26.3 Å². The van der Waals surface area contributed by atoms with Crippen LogP contribution in [0.15, 0.2) is 30.3 Å². The van der Waals surface area contributed by atoms with Gasteiger partial charge in [-0.05, 0) is 60.9 Å². The summed E-state index contributed by atoms with van der Waals surface area (Å²) >= 11 is 0. The molecule has 0 N–H and O–H groups in total. The Morgan fingerprint density at radius 2 is 1.24 bits per heavy atom. The lowest BCUT2D eigenvalue weighted by Gasteiger charge is -2.29. The minimum absolute atomic E-state index is 0.0806. The lowest BCUT2D eigenvalue weighted by Crippen LogP contribution is -2.41. The number of benzene rings is 2. The molecule has 1 aliphatic rings. The Hall–Kier alpha value is -2.54. The third kappa shape index (κ3) is 5.58. The SMILES string of the molecule is Cc1cc(C(C)(C)C)cc(C)c1C(=O)[P+](=O)C1(C(=O)c2c(C(F)(F)F)cccc2C(F)(F)F)CCCCC1. The van der Waals surface area contributed by atoms with Gasteiger partial charge in [0.25, 0.3) is 0 Å². The van der Waals surface area contributed by atoms with Crippen molar-refractivity contribution in [2.24, 2.45) is 0 Å². The number of hydrogen-bond donors (Lipinski definition) is 0. The molecule has 3 rings (SSSR count). The van der Waals surface area contributed by atoms with Gasteiger partial charge in [-0.25, -0.2) is 4.79 Å². The van der Waals surface area contributed by atoms with Crippen LogP contribution in [0.2, 0.25) is 0 Å². The number of ketones is 1. The first-order valence-corrected chi connectivity index (χ1v) is 13.5. The van der Waals surface area contributed by atoms with Crippen molar-refractivity contribution < 1.29 is 40.5 Å². The molecule has 0 aliphatic heterocycles. The highest BCUT2D eigenvalue weighted by molar-refractivity contribution is 7.67. The van der Waals surface area contributed by atoms with E-state index in [-0.39, 0.29) is 36.7 Å².